The van der Waals surface area contributed by atoms with Gasteiger partial charge in [0.2, 0.25) is 0 Å². The topological polar surface area (TPSA) is 26.3 Å². The molecule has 0 N–H and O–H groups in total. The highest BCUT2D eigenvalue weighted by molar-refractivity contribution is 5.67. The zero-order chi connectivity index (χ0) is 8.85. The van der Waals surface area contributed by atoms with Gasteiger partial charge in [-0.3, -0.25) is 4.79 Å². The maximum Gasteiger partial charge on any atom is 0.308 e. The van der Waals surface area contributed by atoms with Crippen LogP contribution >= 0.6 is 0 Å². The molecule has 0 bridgehead atoms. The quantitative estimate of drug-likeness (QED) is 0.355. The summed E-state index contributed by atoms with van der Waals surface area (Å²) in [6, 6.07) is 0. The average molecular weight is 156 g/mol. The van der Waals surface area contributed by atoms with Gasteiger partial charge in [0.15, 0.2) is 0 Å². The summed E-state index contributed by atoms with van der Waals surface area (Å²) in [5, 5.41) is 0. The normalized spacial score (nSPS) is 9.64. The summed E-state index contributed by atoms with van der Waals surface area (Å²) >= 11 is 0. The molecule has 0 spiro atoms. The van der Waals surface area contributed by atoms with Crippen molar-refractivity contribution in [2.24, 2.45) is 0 Å². The molecule has 0 saturated heterocycles. The first-order chi connectivity index (χ1) is 5.02. The highest BCUT2D eigenvalue weighted by Gasteiger charge is 1.93. The van der Waals surface area contributed by atoms with Crippen LogP contribution in [0.3, 0.4) is 0 Å². The first-order valence-corrected chi connectivity index (χ1v) is 2.92. The summed E-state index contributed by atoms with van der Waals surface area (Å²) in [6.45, 7) is 7.54. The van der Waals surface area contributed by atoms with Gasteiger partial charge >= 0.3 is 5.97 Å². The van der Waals surface area contributed by atoms with Crippen LogP contribution in [0.2, 0.25) is 0 Å². The number of carbonyl (C=O) groups excluding carboxylic acids is 1. The Labute approximate surface area is 64.7 Å². The summed E-state index contributed by atoms with van der Waals surface area (Å²) in [7, 11) is 0. The fraction of sp³-hybridized carbons (Fsp3) is 0.125. The molecule has 0 atom stereocenters. The second-order valence-corrected chi connectivity index (χ2v) is 1.84. The van der Waals surface area contributed by atoms with Crippen LogP contribution in [0.1, 0.15) is 6.92 Å². The van der Waals surface area contributed by atoms with Crippen LogP contribution in [0, 0.1) is 0 Å². The number of esters is 1. The Balaban J connectivity index is 3.88. The third-order valence-corrected chi connectivity index (χ3v) is 0.725. The van der Waals surface area contributed by atoms with Gasteiger partial charge < -0.3 is 4.74 Å². The van der Waals surface area contributed by atoms with Gasteiger partial charge in [0, 0.05) is 6.92 Å². The molecule has 60 valence electrons. The lowest BCUT2D eigenvalue weighted by Crippen LogP contribution is -1.94. The van der Waals surface area contributed by atoms with Crippen molar-refractivity contribution in [3.8, 4) is 0 Å². The number of rotatable bonds is 3. The number of allylic oxidation sites excluding steroid dienone is 3. The Bertz CT molecular complexity index is 216. The first-order valence-electron chi connectivity index (χ1n) is 2.92. The zero-order valence-corrected chi connectivity index (χ0v) is 6.26. The number of carbonyl (C=O) groups is 1. The minimum Gasteiger partial charge on any atom is -0.427 e. The van der Waals surface area contributed by atoms with Crippen molar-refractivity contribution in [2.45, 2.75) is 6.92 Å². The lowest BCUT2D eigenvalue weighted by Gasteiger charge is -1.96. The molecule has 3 heteroatoms. The molecule has 0 amide bonds. The van der Waals surface area contributed by atoms with Gasteiger partial charge in [-0.1, -0.05) is 13.2 Å². The molecular formula is C8H9FO2. The van der Waals surface area contributed by atoms with Crippen LogP contribution in [-0.2, 0) is 9.53 Å². The van der Waals surface area contributed by atoms with Crippen LogP contribution < -0.4 is 0 Å². The van der Waals surface area contributed by atoms with Gasteiger partial charge in [0.1, 0.15) is 11.6 Å². The van der Waals surface area contributed by atoms with Crippen molar-refractivity contribution in [1.29, 1.82) is 0 Å². The maximum atomic E-state index is 11.9. The standard InChI is InChI=1S/C8H9FO2/c1-6(9)4-5-7(2)11-8(3)10/h4-5H,1-2H2,3H3/b5-4-. The van der Waals surface area contributed by atoms with Gasteiger partial charge in [0.25, 0.3) is 0 Å². The number of halogens is 1. The van der Waals surface area contributed by atoms with E-state index in [0.29, 0.717) is 0 Å². The van der Waals surface area contributed by atoms with E-state index in [0.717, 1.165) is 6.08 Å². The van der Waals surface area contributed by atoms with Crippen LogP contribution in [0.4, 0.5) is 4.39 Å². The lowest BCUT2D eigenvalue weighted by molar-refractivity contribution is -0.136. The molecule has 0 rings (SSSR count). The van der Waals surface area contributed by atoms with Crippen molar-refractivity contribution >= 4 is 5.97 Å². The van der Waals surface area contributed by atoms with Crippen molar-refractivity contribution in [1.82, 2.24) is 0 Å². The SMILES string of the molecule is C=C(F)/C=C\C(=C)OC(C)=O. The predicted octanol–water partition coefficient (Wildman–Crippen LogP) is 2.10. The number of hydrogen-bond acceptors (Lipinski definition) is 2. The monoisotopic (exact) mass is 156 g/mol. The molecule has 0 aromatic rings. The molecule has 0 aliphatic rings. The second-order valence-electron chi connectivity index (χ2n) is 1.84. The summed E-state index contributed by atoms with van der Waals surface area (Å²) in [6.07, 6.45) is 2.29. The Morgan fingerprint density at radius 3 is 2.36 bits per heavy atom. The predicted molar refractivity (Wildman–Crippen MR) is 40.3 cm³/mol. The molecule has 0 radical (unpaired) electrons. The fourth-order valence-corrected chi connectivity index (χ4v) is 0.402. The Hall–Kier alpha value is -1.38. The fourth-order valence-electron chi connectivity index (χ4n) is 0.402. The second kappa shape index (κ2) is 4.44. The van der Waals surface area contributed by atoms with Gasteiger partial charge in [-0.05, 0) is 12.2 Å². The smallest absolute Gasteiger partial charge is 0.308 e. The van der Waals surface area contributed by atoms with Gasteiger partial charge in [-0.25, -0.2) is 4.39 Å². The molecule has 0 fully saturated rings. The minimum absolute atomic E-state index is 0.0938. The molecule has 0 unspecified atom stereocenters. The molecule has 11 heavy (non-hydrogen) atoms. The van der Waals surface area contributed by atoms with Crippen LogP contribution in [0.5, 0.6) is 0 Å². The van der Waals surface area contributed by atoms with Crippen LogP contribution in [-0.4, -0.2) is 5.97 Å². The molecular weight excluding hydrogens is 147 g/mol. The molecule has 0 heterocycles. The lowest BCUT2D eigenvalue weighted by atomic mass is 10.4. The summed E-state index contributed by atoms with van der Waals surface area (Å²) < 4.78 is 16.4. The third kappa shape index (κ3) is 6.51. The van der Waals surface area contributed by atoms with E-state index in [1.165, 1.54) is 13.0 Å². The minimum atomic E-state index is -0.613. The Morgan fingerprint density at radius 2 is 2.00 bits per heavy atom. The van der Waals surface area contributed by atoms with E-state index in [-0.39, 0.29) is 5.76 Å². The van der Waals surface area contributed by atoms with Gasteiger partial charge in [0.05, 0.1) is 0 Å². The highest BCUT2D eigenvalue weighted by Crippen LogP contribution is 2.00. The maximum absolute atomic E-state index is 11.9. The number of ether oxygens (including phenoxy) is 1. The molecule has 0 aromatic heterocycles. The third-order valence-electron chi connectivity index (χ3n) is 0.725. The molecule has 0 aliphatic heterocycles. The highest BCUT2D eigenvalue weighted by atomic mass is 19.1. The van der Waals surface area contributed by atoms with Gasteiger partial charge in [-0.2, -0.15) is 0 Å². The van der Waals surface area contributed by atoms with Crippen molar-refractivity contribution in [3.05, 3.63) is 36.9 Å². The Kier molecular flexibility index (Phi) is 3.88. The van der Waals surface area contributed by atoms with E-state index in [1.807, 2.05) is 0 Å². The summed E-state index contributed by atoms with van der Waals surface area (Å²) in [5.74, 6) is -1.00. The number of hydrogen-bond donors (Lipinski definition) is 0. The summed E-state index contributed by atoms with van der Waals surface area (Å²) in [4.78, 5) is 10.3. The van der Waals surface area contributed by atoms with Crippen LogP contribution in [0.15, 0.2) is 36.9 Å². The van der Waals surface area contributed by atoms with Gasteiger partial charge in [-0.15, -0.1) is 0 Å². The molecule has 0 saturated carbocycles. The largest absolute Gasteiger partial charge is 0.427 e. The van der Waals surface area contributed by atoms with Crippen molar-refractivity contribution < 1.29 is 13.9 Å². The van der Waals surface area contributed by atoms with Crippen LogP contribution in [0.25, 0.3) is 0 Å². The van der Waals surface area contributed by atoms with E-state index in [4.69, 9.17) is 0 Å². The van der Waals surface area contributed by atoms with E-state index in [9.17, 15) is 9.18 Å². The Morgan fingerprint density at radius 1 is 1.45 bits per heavy atom. The zero-order valence-electron chi connectivity index (χ0n) is 6.26. The van der Waals surface area contributed by atoms with E-state index < -0.39 is 11.8 Å². The van der Waals surface area contributed by atoms with E-state index >= 15 is 0 Å². The molecule has 2 nitrogen and oxygen atoms in total. The van der Waals surface area contributed by atoms with Crippen molar-refractivity contribution in [2.75, 3.05) is 0 Å². The summed E-state index contributed by atoms with van der Waals surface area (Å²) in [5.41, 5.74) is 0. The van der Waals surface area contributed by atoms with E-state index in [2.05, 4.69) is 17.9 Å². The molecule has 0 aliphatic carbocycles. The average Bonchev–Trinajstić information content (AvgIpc) is 1.82. The van der Waals surface area contributed by atoms with Crippen molar-refractivity contribution in [3.63, 3.8) is 0 Å². The molecule has 0 aromatic carbocycles. The van der Waals surface area contributed by atoms with E-state index in [1.54, 1.807) is 0 Å². The first kappa shape index (κ1) is 9.62.